The van der Waals surface area contributed by atoms with E-state index in [1.807, 2.05) is 0 Å². The van der Waals surface area contributed by atoms with Gasteiger partial charge in [0, 0.05) is 0 Å². The van der Waals surface area contributed by atoms with Gasteiger partial charge in [-0.2, -0.15) is 0 Å². The fourth-order valence-corrected chi connectivity index (χ4v) is 1.22. The molecule has 0 atom stereocenters. The summed E-state index contributed by atoms with van der Waals surface area (Å²) in [5, 5.41) is 0. The third kappa shape index (κ3) is 9.39. The molecule has 13 heavy (non-hydrogen) atoms. The van der Waals surface area contributed by atoms with Crippen molar-refractivity contribution < 1.29 is 0 Å². The second kappa shape index (κ2) is 9.57. The van der Waals surface area contributed by atoms with Gasteiger partial charge in [0.25, 0.3) is 0 Å². The van der Waals surface area contributed by atoms with E-state index in [1.54, 1.807) is 0 Å². The third-order valence-corrected chi connectivity index (χ3v) is 2.27. The lowest BCUT2D eigenvalue weighted by atomic mass is 10.1. The van der Waals surface area contributed by atoms with Gasteiger partial charge in [0.1, 0.15) is 0 Å². The van der Waals surface area contributed by atoms with Gasteiger partial charge >= 0.3 is 0 Å². The van der Waals surface area contributed by atoms with Gasteiger partial charge < -0.3 is 0 Å². The molecule has 0 aliphatic carbocycles. The van der Waals surface area contributed by atoms with Gasteiger partial charge in [-0.25, -0.2) is 0 Å². The highest BCUT2D eigenvalue weighted by atomic mass is 14.0. The van der Waals surface area contributed by atoms with Crippen molar-refractivity contribution in [1.82, 2.24) is 0 Å². The van der Waals surface area contributed by atoms with E-state index in [2.05, 4.69) is 32.6 Å². The van der Waals surface area contributed by atoms with E-state index in [0.29, 0.717) is 0 Å². The molecule has 0 aromatic heterocycles. The molecule has 0 bridgehead atoms. The Hall–Kier alpha value is -0.520. The van der Waals surface area contributed by atoms with Crippen molar-refractivity contribution >= 4 is 0 Å². The minimum absolute atomic E-state index is 1.14. The standard InChI is InChI=1S/C13H24/c1-4-6-7-8-9-10-11-12-13(3)5-2/h7-8H,3-6,9-12H2,1-2H3/b8-7-. The molecule has 0 nitrogen and oxygen atoms in total. The van der Waals surface area contributed by atoms with Crippen molar-refractivity contribution in [1.29, 1.82) is 0 Å². The quantitative estimate of drug-likeness (QED) is 0.369. The lowest BCUT2D eigenvalue weighted by Gasteiger charge is -1.99. The molecule has 0 radical (unpaired) electrons. The van der Waals surface area contributed by atoms with E-state index in [4.69, 9.17) is 0 Å². The van der Waals surface area contributed by atoms with Crippen molar-refractivity contribution in [3.05, 3.63) is 24.3 Å². The first-order valence-corrected chi connectivity index (χ1v) is 5.62. The van der Waals surface area contributed by atoms with E-state index in [9.17, 15) is 0 Å². The summed E-state index contributed by atoms with van der Waals surface area (Å²) in [4.78, 5) is 0. The highest BCUT2D eigenvalue weighted by Gasteiger charge is 1.90. The van der Waals surface area contributed by atoms with Crippen LogP contribution in [0.4, 0.5) is 0 Å². The molecule has 0 rings (SSSR count). The second-order valence-corrected chi connectivity index (χ2v) is 3.61. The molecule has 0 heteroatoms. The molecular weight excluding hydrogens is 156 g/mol. The Labute approximate surface area is 83.7 Å². The maximum atomic E-state index is 4.00. The predicted molar refractivity (Wildman–Crippen MR) is 61.9 cm³/mol. The van der Waals surface area contributed by atoms with Crippen LogP contribution in [0.15, 0.2) is 24.3 Å². The molecule has 76 valence electrons. The fraction of sp³-hybridized carbons (Fsp3) is 0.692. The van der Waals surface area contributed by atoms with Gasteiger partial charge in [0.2, 0.25) is 0 Å². The lowest BCUT2D eigenvalue weighted by molar-refractivity contribution is 0.728. The summed E-state index contributed by atoms with van der Waals surface area (Å²) >= 11 is 0. The molecule has 0 aromatic carbocycles. The minimum Gasteiger partial charge on any atom is -0.0999 e. The highest BCUT2D eigenvalue weighted by Crippen LogP contribution is 2.10. The van der Waals surface area contributed by atoms with E-state index in [1.165, 1.54) is 44.1 Å². The summed E-state index contributed by atoms with van der Waals surface area (Å²) in [5.74, 6) is 0. The molecule has 0 amide bonds. The average molecular weight is 180 g/mol. The Morgan fingerprint density at radius 3 is 2.38 bits per heavy atom. The summed E-state index contributed by atoms with van der Waals surface area (Å²) in [6, 6.07) is 0. The first-order valence-electron chi connectivity index (χ1n) is 5.62. The first-order chi connectivity index (χ1) is 6.31. The van der Waals surface area contributed by atoms with Gasteiger partial charge in [-0.3, -0.25) is 0 Å². The van der Waals surface area contributed by atoms with Crippen molar-refractivity contribution in [3.63, 3.8) is 0 Å². The molecule has 0 aromatic rings. The van der Waals surface area contributed by atoms with Crippen LogP contribution < -0.4 is 0 Å². The number of unbranched alkanes of at least 4 members (excludes halogenated alkanes) is 3. The van der Waals surface area contributed by atoms with Crippen LogP contribution in [0, 0.1) is 0 Å². The molecule has 0 N–H and O–H groups in total. The van der Waals surface area contributed by atoms with E-state index >= 15 is 0 Å². The maximum absolute atomic E-state index is 4.00. The zero-order valence-corrected chi connectivity index (χ0v) is 9.31. The SMILES string of the molecule is C=C(CC)CCCC/C=C\CCC. The predicted octanol–water partition coefficient (Wildman–Crippen LogP) is 4.87. The fourth-order valence-electron chi connectivity index (χ4n) is 1.22. The van der Waals surface area contributed by atoms with Crippen LogP contribution in [-0.2, 0) is 0 Å². The minimum atomic E-state index is 1.14. The van der Waals surface area contributed by atoms with Crippen LogP contribution >= 0.6 is 0 Å². The lowest BCUT2D eigenvalue weighted by Crippen LogP contribution is -1.79. The van der Waals surface area contributed by atoms with Crippen LogP contribution in [0.1, 0.15) is 58.8 Å². The van der Waals surface area contributed by atoms with Gasteiger partial charge in [-0.15, -0.1) is 0 Å². The largest absolute Gasteiger partial charge is 0.0999 e. The zero-order valence-electron chi connectivity index (χ0n) is 9.31. The molecule has 0 fully saturated rings. The average Bonchev–Trinajstić information content (AvgIpc) is 2.16. The molecule has 0 spiro atoms. The van der Waals surface area contributed by atoms with E-state index < -0.39 is 0 Å². The Kier molecular flexibility index (Phi) is 9.18. The zero-order chi connectivity index (χ0) is 9.94. The van der Waals surface area contributed by atoms with Crippen molar-refractivity contribution in [2.75, 3.05) is 0 Å². The highest BCUT2D eigenvalue weighted by molar-refractivity contribution is 4.92. The van der Waals surface area contributed by atoms with Crippen LogP contribution in [0.5, 0.6) is 0 Å². The Bertz CT molecular complexity index is 142. The van der Waals surface area contributed by atoms with Crippen molar-refractivity contribution in [2.24, 2.45) is 0 Å². The second-order valence-electron chi connectivity index (χ2n) is 3.61. The van der Waals surface area contributed by atoms with E-state index in [0.717, 1.165) is 6.42 Å². The molecule has 0 aliphatic rings. The Balaban J connectivity index is 3.12. The Morgan fingerprint density at radius 2 is 1.77 bits per heavy atom. The molecule has 0 saturated heterocycles. The topological polar surface area (TPSA) is 0 Å². The van der Waals surface area contributed by atoms with Crippen LogP contribution in [0.3, 0.4) is 0 Å². The summed E-state index contributed by atoms with van der Waals surface area (Å²) < 4.78 is 0. The van der Waals surface area contributed by atoms with Crippen molar-refractivity contribution in [2.45, 2.75) is 58.8 Å². The van der Waals surface area contributed by atoms with Crippen LogP contribution in [0.25, 0.3) is 0 Å². The van der Waals surface area contributed by atoms with E-state index in [-0.39, 0.29) is 0 Å². The van der Waals surface area contributed by atoms with Gasteiger partial charge in [-0.05, 0) is 38.5 Å². The molecular formula is C13H24. The first kappa shape index (κ1) is 12.5. The van der Waals surface area contributed by atoms with Gasteiger partial charge in [-0.1, -0.05) is 44.6 Å². The number of hydrogen-bond donors (Lipinski definition) is 0. The monoisotopic (exact) mass is 180 g/mol. The van der Waals surface area contributed by atoms with Gasteiger partial charge in [0.15, 0.2) is 0 Å². The third-order valence-electron chi connectivity index (χ3n) is 2.27. The van der Waals surface area contributed by atoms with Crippen LogP contribution in [0.2, 0.25) is 0 Å². The van der Waals surface area contributed by atoms with Crippen LogP contribution in [-0.4, -0.2) is 0 Å². The molecule has 0 saturated carbocycles. The summed E-state index contributed by atoms with van der Waals surface area (Å²) in [7, 11) is 0. The number of allylic oxidation sites excluding steroid dienone is 3. The Morgan fingerprint density at radius 1 is 1.08 bits per heavy atom. The smallest absolute Gasteiger partial charge is 0.0323 e. The van der Waals surface area contributed by atoms with Crippen molar-refractivity contribution in [3.8, 4) is 0 Å². The summed E-state index contributed by atoms with van der Waals surface area (Å²) in [6.45, 7) is 8.40. The number of rotatable bonds is 8. The molecule has 0 heterocycles. The summed E-state index contributed by atoms with van der Waals surface area (Å²) in [5.41, 5.74) is 1.40. The number of hydrogen-bond acceptors (Lipinski definition) is 0. The molecule has 0 unspecified atom stereocenters. The van der Waals surface area contributed by atoms with Gasteiger partial charge in [0.05, 0.1) is 0 Å². The molecule has 0 aliphatic heterocycles. The normalized spacial score (nSPS) is 10.9. The maximum Gasteiger partial charge on any atom is -0.0323 e. The summed E-state index contributed by atoms with van der Waals surface area (Å²) in [6.07, 6.45) is 13.4.